The number of ether oxygens (including phenoxy) is 1. The van der Waals surface area contributed by atoms with Crippen molar-refractivity contribution in [1.82, 2.24) is 10.2 Å². The monoisotopic (exact) mass is 240 g/mol. The fourth-order valence-corrected chi connectivity index (χ4v) is 3.47. The van der Waals surface area contributed by atoms with Crippen molar-refractivity contribution in [2.45, 2.75) is 45.2 Å². The number of likely N-dealkylation sites (tertiary alicyclic amines) is 1. The van der Waals surface area contributed by atoms with Crippen molar-refractivity contribution in [3.63, 3.8) is 0 Å². The Bertz CT molecular complexity index is 230. The minimum absolute atomic E-state index is 0.590. The molecular formula is C14H28N2O. The number of methoxy groups -OCH3 is 1. The van der Waals surface area contributed by atoms with Crippen LogP contribution in [0, 0.1) is 11.8 Å². The molecule has 100 valence electrons. The SMILES string of the molecule is COCC1CC(C2CCN(C(C)C)C2)CCN1. The van der Waals surface area contributed by atoms with Gasteiger partial charge in [0.05, 0.1) is 6.61 Å². The quantitative estimate of drug-likeness (QED) is 0.810. The Morgan fingerprint density at radius 2 is 2.12 bits per heavy atom. The molecule has 0 spiro atoms. The smallest absolute Gasteiger partial charge is 0.0615 e. The molecule has 0 amide bonds. The largest absolute Gasteiger partial charge is 0.383 e. The van der Waals surface area contributed by atoms with E-state index >= 15 is 0 Å². The molecule has 0 aromatic carbocycles. The minimum Gasteiger partial charge on any atom is -0.383 e. The molecular weight excluding hydrogens is 212 g/mol. The highest BCUT2D eigenvalue weighted by Crippen LogP contribution is 2.32. The zero-order valence-corrected chi connectivity index (χ0v) is 11.6. The number of rotatable bonds is 4. The second-order valence-corrected chi connectivity index (χ2v) is 6.03. The Morgan fingerprint density at radius 1 is 1.29 bits per heavy atom. The van der Waals surface area contributed by atoms with Crippen LogP contribution in [0.15, 0.2) is 0 Å². The molecule has 2 aliphatic heterocycles. The third kappa shape index (κ3) is 3.43. The average Bonchev–Trinajstić information content (AvgIpc) is 2.79. The Kier molecular flexibility index (Phi) is 4.83. The van der Waals surface area contributed by atoms with E-state index in [0.717, 1.165) is 24.5 Å². The number of piperidine rings is 1. The van der Waals surface area contributed by atoms with Gasteiger partial charge in [0.1, 0.15) is 0 Å². The lowest BCUT2D eigenvalue weighted by Crippen LogP contribution is -2.43. The first kappa shape index (κ1) is 13.3. The normalized spacial score (nSPS) is 35.6. The third-order valence-corrected chi connectivity index (χ3v) is 4.56. The zero-order chi connectivity index (χ0) is 12.3. The summed E-state index contributed by atoms with van der Waals surface area (Å²) in [6.45, 7) is 9.31. The second kappa shape index (κ2) is 6.17. The maximum atomic E-state index is 5.28. The van der Waals surface area contributed by atoms with Gasteiger partial charge in [-0.15, -0.1) is 0 Å². The van der Waals surface area contributed by atoms with E-state index in [2.05, 4.69) is 24.1 Å². The van der Waals surface area contributed by atoms with Gasteiger partial charge in [-0.1, -0.05) is 0 Å². The van der Waals surface area contributed by atoms with Crippen molar-refractivity contribution in [3.05, 3.63) is 0 Å². The van der Waals surface area contributed by atoms with Crippen LogP contribution in [-0.4, -0.2) is 50.3 Å². The molecule has 0 saturated carbocycles. The van der Waals surface area contributed by atoms with Crippen LogP contribution in [0.25, 0.3) is 0 Å². The van der Waals surface area contributed by atoms with E-state index in [1.165, 1.54) is 38.9 Å². The molecule has 3 nitrogen and oxygen atoms in total. The van der Waals surface area contributed by atoms with Gasteiger partial charge in [0.15, 0.2) is 0 Å². The summed E-state index contributed by atoms with van der Waals surface area (Å²) in [5, 5.41) is 3.57. The van der Waals surface area contributed by atoms with E-state index in [1.54, 1.807) is 7.11 Å². The molecule has 2 aliphatic rings. The molecule has 3 atom stereocenters. The van der Waals surface area contributed by atoms with Gasteiger partial charge in [-0.05, 0) is 58.0 Å². The summed E-state index contributed by atoms with van der Waals surface area (Å²) in [4.78, 5) is 2.64. The van der Waals surface area contributed by atoms with Crippen molar-refractivity contribution in [2.24, 2.45) is 11.8 Å². The zero-order valence-electron chi connectivity index (χ0n) is 11.6. The molecule has 1 N–H and O–H groups in total. The van der Waals surface area contributed by atoms with E-state index in [4.69, 9.17) is 4.74 Å². The lowest BCUT2D eigenvalue weighted by molar-refractivity contribution is 0.122. The first-order chi connectivity index (χ1) is 8.20. The Hall–Kier alpha value is -0.120. The Labute approximate surface area is 106 Å². The van der Waals surface area contributed by atoms with Crippen molar-refractivity contribution >= 4 is 0 Å². The van der Waals surface area contributed by atoms with Gasteiger partial charge in [0.2, 0.25) is 0 Å². The van der Waals surface area contributed by atoms with Gasteiger partial charge in [-0.25, -0.2) is 0 Å². The highest BCUT2D eigenvalue weighted by Gasteiger charge is 2.33. The van der Waals surface area contributed by atoms with Gasteiger partial charge in [0, 0.05) is 25.7 Å². The van der Waals surface area contributed by atoms with Gasteiger partial charge < -0.3 is 15.0 Å². The average molecular weight is 240 g/mol. The lowest BCUT2D eigenvalue weighted by atomic mass is 9.81. The maximum Gasteiger partial charge on any atom is 0.0615 e. The molecule has 0 bridgehead atoms. The highest BCUT2D eigenvalue weighted by atomic mass is 16.5. The van der Waals surface area contributed by atoms with Crippen LogP contribution in [0.5, 0.6) is 0 Å². The summed E-state index contributed by atoms with van der Waals surface area (Å²) in [6.07, 6.45) is 4.07. The molecule has 0 aromatic rings. The molecule has 2 heterocycles. The molecule has 17 heavy (non-hydrogen) atoms. The third-order valence-electron chi connectivity index (χ3n) is 4.56. The van der Waals surface area contributed by atoms with Crippen molar-refractivity contribution in [1.29, 1.82) is 0 Å². The summed E-state index contributed by atoms with van der Waals surface area (Å²) < 4.78 is 5.28. The Morgan fingerprint density at radius 3 is 2.76 bits per heavy atom. The molecule has 0 radical (unpaired) electrons. The fraction of sp³-hybridized carbons (Fsp3) is 1.00. The van der Waals surface area contributed by atoms with E-state index in [9.17, 15) is 0 Å². The lowest BCUT2D eigenvalue weighted by Gasteiger charge is -2.33. The molecule has 2 saturated heterocycles. The molecule has 0 aromatic heterocycles. The fourth-order valence-electron chi connectivity index (χ4n) is 3.47. The van der Waals surface area contributed by atoms with Gasteiger partial charge in [-0.2, -0.15) is 0 Å². The summed E-state index contributed by atoms with van der Waals surface area (Å²) in [6, 6.07) is 1.31. The Balaban J connectivity index is 1.82. The number of nitrogens with zero attached hydrogens (tertiary/aromatic N) is 1. The van der Waals surface area contributed by atoms with E-state index in [0.29, 0.717) is 6.04 Å². The predicted molar refractivity (Wildman–Crippen MR) is 71.2 cm³/mol. The van der Waals surface area contributed by atoms with E-state index < -0.39 is 0 Å². The second-order valence-electron chi connectivity index (χ2n) is 6.03. The number of hydrogen-bond donors (Lipinski definition) is 1. The summed E-state index contributed by atoms with van der Waals surface area (Å²) >= 11 is 0. The predicted octanol–water partition coefficient (Wildman–Crippen LogP) is 1.73. The van der Waals surface area contributed by atoms with Crippen molar-refractivity contribution in [2.75, 3.05) is 33.4 Å². The molecule has 3 heteroatoms. The molecule has 0 aliphatic carbocycles. The van der Waals surface area contributed by atoms with Crippen LogP contribution >= 0.6 is 0 Å². The summed E-state index contributed by atoms with van der Waals surface area (Å²) in [5.41, 5.74) is 0. The topological polar surface area (TPSA) is 24.5 Å². The molecule has 2 fully saturated rings. The first-order valence-corrected chi connectivity index (χ1v) is 7.17. The minimum atomic E-state index is 0.590. The van der Waals surface area contributed by atoms with Crippen LogP contribution in [0.4, 0.5) is 0 Å². The number of hydrogen-bond acceptors (Lipinski definition) is 3. The van der Waals surface area contributed by atoms with E-state index in [-0.39, 0.29) is 0 Å². The van der Waals surface area contributed by atoms with Crippen LogP contribution in [0.1, 0.15) is 33.1 Å². The van der Waals surface area contributed by atoms with Crippen LogP contribution in [0.3, 0.4) is 0 Å². The molecule has 2 rings (SSSR count). The maximum absolute atomic E-state index is 5.28. The van der Waals surface area contributed by atoms with E-state index in [1.807, 2.05) is 0 Å². The first-order valence-electron chi connectivity index (χ1n) is 7.17. The standard InChI is InChI=1S/C14H28N2O/c1-11(2)16-7-5-13(9-16)12-4-6-15-14(8-12)10-17-3/h11-15H,4-10H2,1-3H3. The highest BCUT2D eigenvalue weighted by molar-refractivity contribution is 4.87. The van der Waals surface area contributed by atoms with Crippen LogP contribution in [0.2, 0.25) is 0 Å². The van der Waals surface area contributed by atoms with Crippen LogP contribution < -0.4 is 5.32 Å². The number of nitrogens with one attached hydrogen (secondary N) is 1. The summed E-state index contributed by atoms with van der Waals surface area (Å²) in [7, 11) is 1.81. The summed E-state index contributed by atoms with van der Waals surface area (Å²) in [5.74, 6) is 1.85. The van der Waals surface area contributed by atoms with Crippen LogP contribution in [-0.2, 0) is 4.74 Å². The van der Waals surface area contributed by atoms with Gasteiger partial charge in [-0.3, -0.25) is 0 Å². The van der Waals surface area contributed by atoms with Gasteiger partial charge in [0.25, 0.3) is 0 Å². The van der Waals surface area contributed by atoms with Gasteiger partial charge >= 0.3 is 0 Å². The molecule has 3 unspecified atom stereocenters. The van der Waals surface area contributed by atoms with Crippen molar-refractivity contribution in [3.8, 4) is 0 Å². The van der Waals surface area contributed by atoms with Crippen molar-refractivity contribution < 1.29 is 4.74 Å².